The van der Waals surface area contributed by atoms with Crippen LogP contribution in [0.3, 0.4) is 0 Å². The number of nitrogens with one attached hydrogen (secondary N) is 1. The van der Waals surface area contributed by atoms with Crippen molar-refractivity contribution in [3.05, 3.63) is 78.1 Å². The van der Waals surface area contributed by atoms with Crippen molar-refractivity contribution < 1.29 is 23.9 Å². The molecule has 1 aliphatic carbocycles. The second-order valence-electron chi connectivity index (χ2n) is 9.05. The van der Waals surface area contributed by atoms with Gasteiger partial charge in [0, 0.05) is 12.2 Å². The number of hydrogen-bond acceptors (Lipinski definition) is 5. The maximum absolute atomic E-state index is 14.1. The number of nitrogens with zero attached hydrogens (tertiary/aromatic N) is 3. The molecule has 0 radical (unpaired) electrons. The first-order chi connectivity index (χ1) is 18.0. The molecule has 1 atom stereocenters. The summed E-state index contributed by atoms with van der Waals surface area (Å²) in [4.78, 5) is 42.1. The summed E-state index contributed by atoms with van der Waals surface area (Å²) in [7, 11) is 1.62. The zero-order valence-electron chi connectivity index (χ0n) is 20.9. The molecule has 3 amide bonds. The minimum atomic E-state index is -0.511. The Hall–Kier alpha value is -4.27. The molecule has 2 aromatic carbocycles. The van der Waals surface area contributed by atoms with E-state index >= 15 is 0 Å². The molecular weight excluding hydrogens is 472 g/mol. The highest BCUT2D eigenvalue weighted by Gasteiger charge is 2.40. The van der Waals surface area contributed by atoms with Crippen LogP contribution in [0.5, 0.6) is 5.75 Å². The van der Waals surface area contributed by atoms with E-state index in [1.54, 1.807) is 18.9 Å². The smallest absolute Gasteiger partial charge is 0.325 e. The molecule has 1 saturated carbocycles. The molecule has 0 bridgehead atoms. The number of fused-ring (bicyclic) bond motifs is 3. The van der Waals surface area contributed by atoms with Crippen molar-refractivity contribution in [2.24, 2.45) is 0 Å². The number of urea groups is 1. The van der Waals surface area contributed by atoms with Gasteiger partial charge in [-0.25, -0.2) is 4.79 Å². The molecule has 1 aromatic heterocycles. The first-order valence-electron chi connectivity index (χ1n) is 12.4. The van der Waals surface area contributed by atoms with Crippen LogP contribution in [0.25, 0.3) is 5.69 Å². The van der Waals surface area contributed by atoms with Gasteiger partial charge in [0.15, 0.2) is 0 Å². The number of esters is 1. The number of aromatic nitrogens is 1. The number of anilines is 1. The summed E-state index contributed by atoms with van der Waals surface area (Å²) in [5.41, 5.74) is 3.53. The fourth-order valence-corrected chi connectivity index (χ4v) is 4.80. The van der Waals surface area contributed by atoms with E-state index in [1.165, 1.54) is 4.90 Å². The van der Waals surface area contributed by atoms with Gasteiger partial charge in [-0.1, -0.05) is 24.3 Å². The Bertz CT molecular complexity index is 1300. The molecule has 2 aliphatic rings. The molecule has 1 N–H and O–H groups in total. The monoisotopic (exact) mass is 502 g/mol. The predicted molar refractivity (Wildman–Crippen MR) is 138 cm³/mol. The number of ether oxygens (including phenoxy) is 2. The van der Waals surface area contributed by atoms with Crippen molar-refractivity contribution in [2.45, 2.75) is 31.8 Å². The number of rotatable bonds is 8. The molecule has 1 fully saturated rings. The van der Waals surface area contributed by atoms with Gasteiger partial charge in [-0.3, -0.25) is 14.5 Å². The Morgan fingerprint density at radius 1 is 1.00 bits per heavy atom. The third-order valence-electron chi connectivity index (χ3n) is 6.66. The molecule has 0 saturated heterocycles. The number of amides is 3. The Balaban J connectivity index is 1.47. The van der Waals surface area contributed by atoms with Crippen LogP contribution >= 0.6 is 0 Å². The van der Waals surface area contributed by atoms with Gasteiger partial charge >= 0.3 is 12.0 Å². The molecule has 0 spiro atoms. The van der Waals surface area contributed by atoms with Crippen molar-refractivity contribution in [1.29, 1.82) is 0 Å². The van der Waals surface area contributed by atoms with Gasteiger partial charge < -0.3 is 24.3 Å². The van der Waals surface area contributed by atoms with Gasteiger partial charge in [0.05, 0.1) is 30.8 Å². The van der Waals surface area contributed by atoms with Crippen LogP contribution in [-0.2, 0) is 14.3 Å². The Labute approximate surface area is 215 Å². The third-order valence-corrected chi connectivity index (χ3v) is 6.66. The normalized spacial score (nSPS) is 15.8. The number of para-hydroxylation sites is 2. The lowest BCUT2D eigenvalue weighted by Crippen LogP contribution is -2.50. The van der Waals surface area contributed by atoms with Gasteiger partial charge in [0.2, 0.25) is 5.91 Å². The maximum atomic E-state index is 14.1. The lowest BCUT2D eigenvalue weighted by atomic mass is 9.97. The second-order valence-corrected chi connectivity index (χ2v) is 9.05. The predicted octanol–water partition coefficient (Wildman–Crippen LogP) is 3.66. The Morgan fingerprint density at radius 3 is 2.41 bits per heavy atom. The minimum absolute atomic E-state index is 0.0329. The SMILES string of the molecule is CCOC(=O)CNC(=O)N(CC(=O)N1c2ccccc2-n2cccc2C1c1ccc(OC)cc1)C1CC1. The summed E-state index contributed by atoms with van der Waals surface area (Å²) in [5.74, 6) is 0.00788. The van der Waals surface area contributed by atoms with Gasteiger partial charge in [-0.05, 0) is 61.7 Å². The van der Waals surface area contributed by atoms with Crippen molar-refractivity contribution in [3.8, 4) is 11.4 Å². The van der Waals surface area contributed by atoms with Gasteiger partial charge in [-0.2, -0.15) is 0 Å². The quantitative estimate of drug-likeness (QED) is 0.475. The van der Waals surface area contributed by atoms with E-state index in [0.29, 0.717) is 0 Å². The molecule has 9 nitrogen and oxygen atoms in total. The number of carbonyl (C=O) groups is 3. The number of carbonyl (C=O) groups excluding carboxylic acids is 3. The topological polar surface area (TPSA) is 93.1 Å². The van der Waals surface area contributed by atoms with Gasteiger partial charge in [0.25, 0.3) is 0 Å². The molecule has 1 unspecified atom stereocenters. The van der Waals surface area contributed by atoms with E-state index in [9.17, 15) is 14.4 Å². The van der Waals surface area contributed by atoms with Gasteiger partial charge in [0.1, 0.15) is 24.9 Å². The molecule has 2 heterocycles. The van der Waals surface area contributed by atoms with E-state index in [-0.39, 0.29) is 31.6 Å². The number of methoxy groups -OCH3 is 1. The molecule has 192 valence electrons. The van der Waals surface area contributed by atoms with Crippen molar-refractivity contribution in [2.75, 3.05) is 31.7 Å². The number of hydrogen-bond donors (Lipinski definition) is 1. The highest BCUT2D eigenvalue weighted by Crippen LogP contribution is 2.42. The summed E-state index contributed by atoms with van der Waals surface area (Å²) in [5, 5.41) is 2.61. The summed E-state index contributed by atoms with van der Waals surface area (Å²) in [6.45, 7) is 1.60. The average Bonchev–Trinajstić information content (AvgIpc) is 3.64. The van der Waals surface area contributed by atoms with E-state index in [2.05, 4.69) is 9.88 Å². The Kier molecular flexibility index (Phi) is 6.85. The summed E-state index contributed by atoms with van der Waals surface area (Å²) >= 11 is 0. The largest absolute Gasteiger partial charge is 0.497 e. The Morgan fingerprint density at radius 2 is 1.73 bits per heavy atom. The first kappa shape index (κ1) is 24.4. The van der Waals surface area contributed by atoms with E-state index in [4.69, 9.17) is 9.47 Å². The van der Waals surface area contributed by atoms with Crippen LogP contribution in [-0.4, -0.2) is 60.2 Å². The standard InChI is InChI=1S/C28H30N4O5/c1-3-37-26(34)17-29-28(35)31(20-12-13-20)18-25(33)32-23-8-5-4-7-22(23)30-16-6-9-24(30)27(32)19-10-14-21(36-2)15-11-19/h4-11,14-16,20,27H,3,12-13,17-18H2,1-2H3,(H,29,35). The summed E-state index contributed by atoms with van der Waals surface area (Å²) in [6, 6.07) is 18.5. The molecule has 37 heavy (non-hydrogen) atoms. The second kappa shape index (κ2) is 10.4. The van der Waals surface area contributed by atoms with E-state index in [1.807, 2.05) is 66.9 Å². The lowest BCUT2D eigenvalue weighted by Gasteiger charge is -2.39. The maximum Gasteiger partial charge on any atom is 0.325 e. The average molecular weight is 503 g/mol. The van der Waals surface area contributed by atoms with Gasteiger partial charge in [-0.15, -0.1) is 0 Å². The van der Waals surface area contributed by atoms with Crippen LogP contribution in [0.15, 0.2) is 66.9 Å². The van der Waals surface area contributed by atoms with Crippen LogP contribution < -0.4 is 15.0 Å². The van der Waals surface area contributed by atoms with Crippen LogP contribution in [0.1, 0.15) is 37.1 Å². The van der Waals surface area contributed by atoms with E-state index in [0.717, 1.165) is 41.2 Å². The third kappa shape index (κ3) is 4.89. The first-order valence-corrected chi connectivity index (χ1v) is 12.4. The zero-order valence-corrected chi connectivity index (χ0v) is 20.9. The highest BCUT2D eigenvalue weighted by atomic mass is 16.5. The van der Waals surface area contributed by atoms with Crippen molar-refractivity contribution in [1.82, 2.24) is 14.8 Å². The number of benzene rings is 2. The fraction of sp³-hybridized carbons (Fsp3) is 0.321. The molecule has 3 aromatic rings. The summed E-state index contributed by atoms with van der Waals surface area (Å²) in [6.07, 6.45) is 3.63. The minimum Gasteiger partial charge on any atom is -0.497 e. The highest BCUT2D eigenvalue weighted by molar-refractivity contribution is 6.00. The molecule has 1 aliphatic heterocycles. The fourth-order valence-electron chi connectivity index (χ4n) is 4.80. The van der Waals surface area contributed by atoms with E-state index < -0.39 is 18.0 Å². The zero-order chi connectivity index (χ0) is 25.9. The van der Waals surface area contributed by atoms with Crippen molar-refractivity contribution in [3.63, 3.8) is 0 Å². The van der Waals surface area contributed by atoms with Crippen LogP contribution in [0, 0.1) is 0 Å². The van der Waals surface area contributed by atoms with Crippen molar-refractivity contribution >= 4 is 23.6 Å². The molecular formula is C28H30N4O5. The van der Waals surface area contributed by atoms with Crippen LogP contribution in [0.2, 0.25) is 0 Å². The van der Waals surface area contributed by atoms with Crippen LogP contribution in [0.4, 0.5) is 10.5 Å². The summed E-state index contributed by atoms with van der Waals surface area (Å²) < 4.78 is 12.3. The molecule has 9 heteroatoms. The lowest BCUT2D eigenvalue weighted by molar-refractivity contribution is -0.141. The molecule has 5 rings (SSSR count).